The van der Waals surface area contributed by atoms with E-state index in [2.05, 4.69) is 27.9 Å². The van der Waals surface area contributed by atoms with Crippen molar-refractivity contribution in [3.63, 3.8) is 0 Å². The summed E-state index contributed by atoms with van der Waals surface area (Å²) in [5.74, 6) is -1.53. The zero-order valence-electron chi connectivity index (χ0n) is 16.5. The number of halogens is 2. The smallest absolute Gasteiger partial charge is 0.335 e. The molecule has 2 N–H and O–H groups in total. The van der Waals surface area contributed by atoms with Gasteiger partial charge in [-0.25, -0.2) is 9.18 Å². The van der Waals surface area contributed by atoms with Gasteiger partial charge in [0.2, 0.25) is 0 Å². The third-order valence-corrected chi connectivity index (χ3v) is 5.13. The van der Waals surface area contributed by atoms with Gasteiger partial charge in [-0.2, -0.15) is 5.26 Å². The van der Waals surface area contributed by atoms with Crippen molar-refractivity contribution in [2.24, 2.45) is 0 Å². The first-order chi connectivity index (χ1) is 15.4. The van der Waals surface area contributed by atoms with Crippen molar-refractivity contribution >= 4 is 46.2 Å². The van der Waals surface area contributed by atoms with Crippen LogP contribution in [0, 0.1) is 20.7 Å². The minimum atomic E-state index is -1.12. The second-order valence-electron chi connectivity index (χ2n) is 6.62. The first kappa shape index (κ1) is 23.0. The summed E-state index contributed by atoms with van der Waals surface area (Å²) < 4.78 is 19.8. The molecule has 1 amide bonds. The van der Waals surface area contributed by atoms with Crippen LogP contribution < -0.4 is 10.1 Å². The highest BCUT2D eigenvalue weighted by Gasteiger charge is 2.12. The normalized spacial score (nSPS) is 10.8. The Balaban J connectivity index is 1.72. The van der Waals surface area contributed by atoms with Crippen LogP contribution in [0.1, 0.15) is 21.5 Å². The van der Waals surface area contributed by atoms with Crippen LogP contribution in [0.15, 0.2) is 72.3 Å². The van der Waals surface area contributed by atoms with Crippen LogP contribution in [0.3, 0.4) is 0 Å². The minimum absolute atomic E-state index is 0.0219. The Hall–Kier alpha value is -3.71. The third kappa shape index (κ3) is 6.15. The average molecular weight is 542 g/mol. The first-order valence-corrected chi connectivity index (χ1v) is 10.4. The van der Waals surface area contributed by atoms with E-state index in [1.165, 1.54) is 42.5 Å². The molecule has 0 aliphatic heterocycles. The molecule has 0 radical (unpaired) electrons. The molecule has 0 aromatic heterocycles. The van der Waals surface area contributed by atoms with E-state index in [1.807, 2.05) is 6.07 Å². The van der Waals surface area contributed by atoms with Gasteiger partial charge in [0.1, 0.15) is 29.8 Å². The summed E-state index contributed by atoms with van der Waals surface area (Å²) in [6.45, 7) is 0.199. The van der Waals surface area contributed by atoms with Crippen molar-refractivity contribution in [3.8, 4) is 11.8 Å². The van der Waals surface area contributed by atoms with Crippen LogP contribution in [-0.2, 0) is 11.4 Å². The summed E-state index contributed by atoms with van der Waals surface area (Å²) in [6, 6.07) is 18.9. The molecule has 6 nitrogen and oxygen atoms in total. The van der Waals surface area contributed by atoms with Gasteiger partial charge in [-0.3, -0.25) is 4.79 Å². The Kier molecular flexibility index (Phi) is 7.57. The summed E-state index contributed by atoms with van der Waals surface area (Å²) in [4.78, 5) is 23.5. The lowest BCUT2D eigenvalue weighted by Crippen LogP contribution is -2.14. The molecule has 3 aromatic rings. The van der Waals surface area contributed by atoms with E-state index < -0.39 is 11.9 Å². The van der Waals surface area contributed by atoms with Gasteiger partial charge in [0, 0.05) is 5.69 Å². The number of rotatable bonds is 7. The number of amides is 1. The van der Waals surface area contributed by atoms with E-state index >= 15 is 0 Å². The van der Waals surface area contributed by atoms with Crippen molar-refractivity contribution in [1.82, 2.24) is 0 Å². The molecule has 0 aliphatic carbocycles. The Morgan fingerprint density at radius 3 is 2.59 bits per heavy atom. The maximum absolute atomic E-state index is 13.3. The topological polar surface area (TPSA) is 99.4 Å². The summed E-state index contributed by atoms with van der Waals surface area (Å²) in [5.41, 5.74) is 1.45. The van der Waals surface area contributed by atoms with E-state index in [1.54, 1.807) is 30.3 Å². The number of nitrogens with zero attached hydrogens (tertiary/aromatic N) is 1. The lowest BCUT2D eigenvalue weighted by molar-refractivity contribution is -0.112. The highest BCUT2D eigenvalue weighted by molar-refractivity contribution is 14.1. The second-order valence-corrected chi connectivity index (χ2v) is 7.78. The molecule has 32 heavy (non-hydrogen) atoms. The van der Waals surface area contributed by atoms with E-state index in [0.717, 1.165) is 3.57 Å². The number of ether oxygens (including phenoxy) is 1. The van der Waals surface area contributed by atoms with Gasteiger partial charge in [-0.05, 0) is 82.3 Å². The van der Waals surface area contributed by atoms with E-state index in [0.29, 0.717) is 16.9 Å². The molecule has 0 saturated carbocycles. The summed E-state index contributed by atoms with van der Waals surface area (Å²) in [7, 11) is 0. The molecular weight excluding hydrogens is 526 g/mol. The molecule has 0 spiro atoms. The molecule has 0 atom stereocenters. The predicted octanol–water partition coefficient (Wildman–Crippen LogP) is 5.25. The Bertz CT molecular complexity index is 1250. The number of hydrogen-bond acceptors (Lipinski definition) is 4. The number of nitrogens with one attached hydrogen (secondary N) is 1. The van der Waals surface area contributed by atoms with Crippen molar-refractivity contribution < 1.29 is 23.8 Å². The molecule has 160 valence electrons. The van der Waals surface area contributed by atoms with Crippen LogP contribution in [0.25, 0.3) is 6.08 Å². The van der Waals surface area contributed by atoms with Gasteiger partial charge in [0.05, 0.1) is 9.13 Å². The van der Waals surface area contributed by atoms with Crippen LogP contribution in [0.4, 0.5) is 10.1 Å². The van der Waals surface area contributed by atoms with Gasteiger partial charge in [-0.15, -0.1) is 0 Å². The average Bonchev–Trinajstić information content (AvgIpc) is 2.77. The standard InChI is InChI=1S/C24H16FIN2O4/c25-19-5-1-3-16(10-19)14-32-22-8-7-15(11-21(22)26)9-18(13-27)23(29)28-20-6-2-4-17(12-20)24(30)31/h1-12H,14H2,(H,28,29)(H,30,31)/b18-9-. The maximum Gasteiger partial charge on any atom is 0.335 e. The monoisotopic (exact) mass is 542 g/mol. The molecule has 0 fully saturated rings. The van der Waals surface area contributed by atoms with Crippen LogP contribution in [0.5, 0.6) is 5.75 Å². The first-order valence-electron chi connectivity index (χ1n) is 9.29. The van der Waals surface area contributed by atoms with Gasteiger partial charge < -0.3 is 15.2 Å². The van der Waals surface area contributed by atoms with Gasteiger partial charge in [-0.1, -0.05) is 24.3 Å². The van der Waals surface area contributed by atoms with Crippen LogP contribution in [-0.4, -0.2) is 17.0 Å². The summed E-state index contributed by atoms with van der Waals surface area (Å²) in [6.07, 6.45) is 1.43. The molecule has 0 bridgehead atoms. The quantitative estimate of drug-likeness (QED) is 0.241. The zero-order chi connectivity index (χ0) is 23.1. The number of carboxylic acid groups (broad SMARTS) is 1. The molecule has 0 unspecified atom stereocenters. The molecule has 0 heterocycles. The Morgan fingerprint density at radius 2 is 1.91 bits per heavy atom. The Morgan fingerprint density at radius 1 is 1.12 bits per heavy atom. The zero-order valence-corrected chi connectivity index (χ0v) is 18.7. The van der Waals surface area contributed by atoms with Crippen LogP contribution >= 0.6 is 22.6 Å². The largest absolute Gasteiger partial charge is 0.488 e. The fraction of sp³-hybridized carbons (Fsp3) is 0.0417. The Labute approximate surface area is 197 Å². The van der Waals surface area contributed by atoms with Gasteiger partial charge in [0.15, 0.2) is 0 Å². The van der Waals surface area contributed by atoms with Gasteiger partial charge >= 0.3 is 5.97 Å². The van der Waals surface area contributed by atoms with Crippen molar-refractivity contribution in [3.05, 3.63) is 98.4 Å². The molecule has 0 saturated heterocycles. The van der Waals surface area contributed by atoms with E-state index in [9.17, 15) is 19.2 Å². The van der Waals surface area contributed by atoms with Gasteiger partial charge in [0.25, 0.3) is 5.91 Å². The van der Waals surface area contributed by atoms with E-state index in [-0.39, 0.29) is 29.2 Å². The van der Waals surface area contributed by atoms with Crippen molar-refractivity contribution in [2.75, 3.05) is 5.32 Å². The van der Waals surface area contributed by atoms with Crippen molar-refractivity contribution in [2.45, 2.75) is 6.61 Å². The molecular formula is C24H16FIN2O4. The number of hydrogen-bond donors (Lipinski definition) is 2. The van der Waals surface area contributed by atoms with Crippen molar-refractivity contribution in [1.29, 1.82) is 5.26 Å². The van der Waals surface area contributed by atoms with E-state index in [4.69, 9.17) is 9.84 Å². The predicted molar refractivity (Wildman–Crippen MR) is 126 cm³/mol. The molecule has 0 aliphatic rings. The fourth-order valence-corrected chi connectivity index (χ4v) is 3.45. The van der Waals surface area contributed by atoms with Crippen LogP contribution in [0.2, 0.25) is 0 Å². The lowest BCUT2D eigenvalue weighted by Gasteiger charge is -2.09. The minimum Gasteiger partial charge on any atom is -0.488 e. The molecule has 3 rings (SSSR count). The number of carbonyl (C=O) groups excluding carboxylic acids is 1. The highest BCUT2D eigenvalue weighted by Crippen LogP contribution is 2.24. The third-order valence-electron chi connectivity index (χ3n) is 4.28. The SMILES string of the molecule is N#C/C(=C/c1ccc(OCc2cccc(F)c2)c(I)c1)C(=O)Nc1cccc(C(=O)O)c1. The lowest BCUT2D eigenvalue weighted by atomic mass is 10.1. The maximum atomic E-state index is 13.3. The number of anilines is 1. The molecule has 3 aromatic carbocycles. The second kappa shape index (κ2) is 10.5. The number of carbonyl (C=O) groups is 2. The number of benzene rings is 3. The summed E-state index contributed by atoms with van der Waals surface area (Å²) >= 11 is 2.07. The number of carboxylic acids is 1. The fourth-order valence-electron chi connectivity index (χ4n) is 2.76. The number of aromatic carboxylic acids is 1. The number of nitriles is 1. The molecule has 8 heteroatoms. The highest BCUT2D eigenvalue weighted by atomic mass is 127. The summed E-state index contributed by atoms with van der Waals surface area (Å²) in [5, 5.41) is 21.0.